The molecule has 0 saturated heterocycles. The van der Waals surface area contributed by atoms with E-state index in [2.05, 4.69) is 14.8 Å². The lowest BCUT2D eigenvalue weighted by Gasteiger charge is -2.17. The average Bonchev–Trinajstić information content (AvgIpc) is 2.90. The maximum absolute atomic E-state index is 12.1. The van der Waals surface area contributed by atoms with E-state index in [-0.39, 0.29) is 12.4 Å². The number of carbonyl (C=O) groups excluding carboxylic acids is 1. The van der Waals surface area contributed by atoms with Crippen LogP contribution < -0.4 is 5.32 Å². The molecule has 0 bridgehead atoms. The van der Waals surface area contributed by atoms with E-state index in [1.165, 1.54) is 19.2 Å². The third-order valence-electron chi connectivity index (χ3n) is 2.55. The summed E-state index contributed by atoms with van der Waals surface area (Å²) in [6.45, 7) is 0.951. The van der Waals surface area contributed by atoms with Gasteiger partial charge in [-0.25, -0.2) is 4.79 Å². The average molecular weight is 309 g/mol. The van der Waals surface area contributed by atoms with Crippen LogP contribution in [0.1, 0.15) is 35.7 Å². The molecule has 1 aromatic rings. The Morgan fingerprint density at radius 2 is 2.14 bits per heavy atom. The maximum atomic E-state index is 12.1. The number of alkyl halides is 3. The van der Waals surface area contributed by atoms with Crippen molar-refractivity contribution in [3.8, 4) is 0 Å². The van der Waals surface area contributed by atoms with Crippen molar-refractivity contribution in [1.29, 1.82) is 0 Å². The van der Waals surface area contributed by atoms with Gasteiger partial charge in [0.1, 0.15) is 12.4 Å². The molecular formula is C13H18F3NO4. The van der Waals surface area contributed by atoms with Gasteiger partial charge in [0.2, 0.25) is 5.76 Å². The quantitative estimate of drug-likeness (QED) is 0.748. The Kier molecular flexibility index (Phi) is 6.70. The molecule has 0 radical (unpaired) electrons. The zero-order valence-electron chi connectivity index (χ0n) is 11.8. The van der Waals surface area contributed by atoms with Crippen LogP contribution in [0.3, 0.4) is 0 Å². The summed E-state index contributed by atoms with van der Waals surface area (Å²) in [6.07, 6.45) is -3.59. The highest BCUT2D eigenvalue weighted by Crippen LogP contribution is 2.20. The zero-order chi connectivity index (χ0) is 15.9. The van der Waals surface area contributed by atoms with Crippen molar-refractivity contribution in [2.24, 2.45) is 0 Å². The lowest BCUT2D eigenvalue weighted by atomic mass is 10.2. The van der Waals surface area contributed by atoms with E-state index in [9.17, 15) is 18.0 Å². The number of nitrogens with one attached hydrogen (secondary N) is 1. The van der Waals surface area contributed by atoms with E-state index in [4.69, 9.17) is 4.42 Å². The van der Waals surface area contributed by atoms with E-state index in [0.717, 1.165) is 6.42 Å². The minimum atomic E-state index is -4.38. The lowest BCUT2D eigenvalue weighted by molar-refractivity contribution is -0.175. The second-order valence-electron chi connectivity index (χ2n) is 4.33. The number of rotatable bonds is 8. The monoisotopic (exact) mass is 309 g/mol. The number of methoxy groups -OCH3 is 1. The number of esters is 1. The minimum absolute atomic E-state index is 0.00776. The van der Waals surface area contributed by atoms with Crippen LogP contribution in [0, 0.1) is 0 Å². The highest BCUT2D eigenvalue weighted by molar-refractivity contribution is 5.86. The summed E-state index contributed by atoms with van der Waals surface area (Å²) in [7, 11) is 1.21. The minimum Gasteiger partial charge on any atom is -0.463 e. The molecule has 1 atom stereocenters. The van der Waals surface area contributed by atoms with Crippen molar-refractivity contribution in [2.45, 2.75) is 25.6 Å². The van der Waals surface area contributed by atoms with Crippen LogP contribution in [0.5, 0.6) is 0 Å². The molecular weight excluding hydrogens is 291 g/mol. The predicted octanol–water partition coefficient (Wildman–Crippen LogP) is 2.69. The molecule has 0 aliphatic heterocycles. The Morgan fingerprint density at radius 3 is 2.71 bits per heavy atom. The molecule has 1 rings (SSSR count). The number of halogens is 3. The largest absolute Gasteiger partial charge is 0.463 e. The highest BCUT2D eigenvalue weighted by atomic mass is 19.4. The number of carbonyl (C=O) groups is 1. The molecule has 1 N–H and O–H groups in total. The van der Waals surface area contributed by atoms with Crippen LogP contribution in [-0.4, -0.2) is 39.0 Å². The van der Waals surface area contributed by atoms with Crippen LogP contribution in [0.25, 0.3) is 0 Å². The van der Waals surface area contributed by atoms with Gasteiger partial charge < -0.3 is 19.2 Å². The van der Waals surface area contributed by atoms with Gasteiger partial charge in [-0.05, 0) is 25.1 Å². The smallest absolute Gasteiger partial charge is 0.411 e. The van der Waals surface area contributed by atoms with Gasteiger partial charge in [0.15, 0.2) is 0 Å². The SMILES string of the molecule is CCCNC(COCC(F)(F)F)c1ccc(C(=O)OC)o1. The van der Waals surface area contributed by atoms with E-state index >= 15 is 0 Å². The van der Waals surface area contributed by atoms with Gasteiger partial charge in [-0.15, -0.1) is 0 Å². The summed E-state index contributed by atoms with van der Waals surface area (Å²) in [5, 5.41) is 3.00. The number of hydrogen-bond donors (Lipinski definition) is 1. The van der Waals surface area contributed by atoms with Gasteiger partial charge in [0.05, 0.1) is 19.8 Å². The van der Waals surface area contributed by atoms with Crippen LogP contribution >= 0.6 is 0 Å². The molecule has 0 aliphatic rings. The second kappa shape index (κ2) is 8.04. The summed E-state index contributed by atoms with van der Waals surface area (Å²) >= 11 is 0. The van der Waals surface area contributed by atoms with E-state index in [1.54, 1.807) is 0 Å². The van der Waals surface area contributed by atoms with Gasteiger partial charge in [-0.2, -0.15) is 13.2 Å². The summed E-state index contributed by atoms with van der Waals surface area (Å²) in [5.41, 5.74) is 0. The molecule has 21 heavy (non-hydrogen) atoms. The molecule has 8 heteroatoms. The Hall–Kier alpha value is -1.54. The Balaban J connectivity index is 2.67. The first-order valence-electron chi connectivity index (χ1n) is 6.43. The highest BCUT2D eigenvalue weighted by Gasteiger charge is 2.28. The molecule has 0 spiro atoms. The normalized spacial score (nSPS) is 13.2. The molecule has 1 unspecified atom stereocenters. The fraction of sp³-hybridized carbons (Fsp3) is 0.615. The van der Waals surface area contributed by atoms with E-state index < -0.39 is 24.8 Å². The number of furan rings is 1. The fourth-order valence-corrected chi connectivity index (χ4v) is 1.60. The molecule has 120 valence electrons. The third kappa shape index (κ3) is 6.17. The van der Waals surface area contributed by atoms with E-state index in [0.29, 0.717) is 12.3 Å². The lowest BCUT2D eigenvalue weighted by Crippen LogP contribution is -2.28. The molecule has 0 aromatic carbocycles. The molecule has 0 saturated carbocycles. The topological polar surface area (TPSA) is 60.7 Å². The Bertz CT molecular complexity index is 445. The first-order valence-corrected chi connectivity index (χ1v) is 6.43. The van der Waals surface area contributed by atoms with E-state index in [1.807, 2.05) is 6.92 Å². The Labute approximate surface area is 120 Å². The van der Waals surface area contributed by atoms with Gasteiger partial charge in [0, 0.05) is 0 Å². The van der Waals surface area contributed by atoms with Crippen LogP contribution in [-0.2, 0) is 9.47 Å². The second-order valence-corrected chi connectivity index (χ2v) is 4.33. The van der Waals surface area contributed by atoms with Crippen molar-refractivity contribution >= 4 is 5.97 Å². The zero-order valence-corrected chi connectivity index (χ0v) is 11.8. The Morgan fingerprint density at radius 1 is 1.43 bits per heavy atom. The summed E-state index contributed by atoms with van der Waals surface area (Å²) < 4.78 is 50.7. The van der Waals surface area contributed by atoms with Crippen molar-refractivity contribution in [3.05, 3.63) is 23.7 Å². The van der Waals surface area contributed by atoms with Crippen molar-refractivity contribution in [2.75, 3.05) is 26.9 Å². The molecule has 0 fully saturated rings. The fourth-order valence-electron chi connectivity index (χ4n) is 1.60. The van der Waals surface area contributed by atoms with Gasteiger partial charge in [-0.1, -0.05) is 6.92 Å². The van der Waals surface area contributed by atoms with Gasteiger partial charge >= 0.3 is 12.1 Å². The molecule has 5 nitrogen and oxygen atoms in total. The molecule has 1 heterocycles. The molecule has 0 aliphatic carbocycles. The first-order chi connectivity index (χ1) is 9.87. The predicted molar refractivity (Wildman–Crippen MR) is 68.0 cm³/mol. The van der Waals surface area contributed by atoms with Crippen molar-refractivity contribution in [1.82, 2.24) is 5.32 Å². The summed E-state index contributed by atoms with van der Waals surface area (Å²) in [6, 6.07) is 2.35. The van der Waals surface area contributed by atoms with Crippen molar-refractivity contribution in [3.63, 3.8) is 0 Å². The first kappa shape index (κ1) is 17.5. The van der Waals surface area contributed by atoms with Crippen LogP contribution in [0.2, 0.25) is 0 Å². The van der Waals surface area contributed by atoms with Crippen molar-refractivity contribution < 1.29 is 31.9 Å². The number of hydrogen-bond acceptors (Lipinski definition) is 5. The maximum Gasteiger partial charge on any atom is 0.411 e. The number of ether oxygens (including phenoxy) is 2. The van der Waals surface area contributed by atoms with Crippen LogP contribution in [0.15, 0.2) is 16.5 Å². The molecule has 0 amide bonds. The third-order valence-corrected chi connectivity index (χ3v) is 2.55. The summed E-state index contributed by atoms with van der Waals surface area (Å²) in [4.78, 5) is 11.3. The van der Waals surface area contributed by atoms with Gasteiger partial charge in [-0.3, -0.25) is 0 Å². The standard InChI is InChI=1S/C13H18F3NO4/c1-3-6-17-9(7-20-8-13(14,15)16)10-4-5-11(21-10)12(18)19-2/h4-5,9,17H,3,6-8H2,1-2H3. The van der Waals surface area contributed by atoms with Crippen LogP contribution in [0.4, 0.5) is 13.2 Å². The van der Waals surface area contributed by atoms with Gasteiger partial charge in [0.25, 0.3) is 0 Å². The molecule has 1 aromatic heterocycles. The summed E-state index contributed by atoms with van der Waals surface area (Å²) in [5.74, 6) is -0.329.